The van der Waals surface area contributed by atoms with Gasteiger partial charge in [0.05, 0.1) is 0 Å². The standard InChI is InChI=1S/C27H32N2O5/c1-3-16(2)24(26(31)32)29-25(30)17-12-13-18(14-17)28-27(33)34-15-23-21-10-6-4-8-19(21)20-9-5-7-11-22(20)23/h4-11,16-18,23-24H,3,12-15H2,1-2H3,(H,28,33)(H,29,30)(H,31,32)/t16?,17?,18?,24-/m0/s1. The molecule has 2 aliphatic carbocycles. The van der Waals surface area contributed by atoms with Crippen LogP contribution in [0.5, 0.6) is 0 Å². The Balaban J connectivity index is 1.29. The van der Waals surface area contributed by atoms with Crippen molar-refractivity contribution in [2.75, 3.05) is 6.61 Å². The average molecular weight is 465 g/mol. The lowest BCUT2D eigenvalue weighted by atomic mass is 9.98. The van der Waals surface area contributed by atoms with Crippen molar-refractivity contribution in [3.63, 3.8) is 0 Å². The van der Waals surface area contributed by atoms with Crippen LogP contribution in [0, 0.1) is 11.8 Å². The largest absolute Gasteiger partial charge is 0.480 e. The zero-order valence-corrected chi connectivity index (χ0v) is 19.6. The molecule has 4 atom stereocenters. The molecular formula is C27H32N2O5. The smallest absolute Gasteiger partial charge is 0.407 e. The maximum atomic E-state index is 12.6. The van der Waals surface area contributed by atoms with Crippen molar-refractivity contribution < 1.29 is 24.2 Å². The van der Waals surface area contributed by atoms with Gasteiger partial charge in [-0.3, -0.25) is 4.79 Å². The van der Waals surface area contributed by atoms with E-state index in [9.17, 15) is 19.5 Å². The number of benzene rings is 2. The lowest BCUT2D eigenvalue weighted by Crippen LogP contribution is -2.47. The lowest BCUT2D eigenvalue weighted by Gasteiger charge is -2.22. The number of aliphatic carboxylic acids is 1. The molecule has 0 radical (unpaired) electrons. The Kier molecular flexibility index (Phi) is 7.20. The zero-order chi connectivity index (χ0) is 24.2. The number of carbonyl (C=O) groups is 3. The number of amides is 2. The second-order valence-corrected chi connectivity index (χ2v) is 9.39. The molecule has 3 N–H and O–H groups in total. The van der Waals surface area contributed by atoms with E-state index in [2.05, 4.69) is 34.9 Å². The van der Waals surface area contributed by atoms with E-state index in [4.69, 9.17) is 4.74 Å². The molecule has 2 aliphatic rings. The van der Waals surface area contributed by atoms with Gasteiger partial charge in [0, 0.05) is 17.9 Å². The fourth-order valence-electron chi connectivity index (χ4n) is 5.11. The van der Waals surface area contributed by atoms with Gasteiger partial charge in [0.25, 0.3) is 0 Å². The third-order valence-corrected chi connectivity index (χ3v) is 7.25. The number of alkyl carbamates (subject to hydrolysis) is 1. The number of fused-ring (bicyclic) bond motifs is 3. The van der Waals surface area contributed by atoms with Crippen LogP contribution < -0.4 is 10.6 Å². The first-order valence-corrected chi connectivity index (χ1v) is 12.0. The summed E-state index contributed by atoms with van der Waals surface area (Å²) < 4.78 is 5.61. The number of ether oxygens (including phenoxy) is 1. The van der Waals surface area contributed by atoms with E-state index in [-0.39, 0.29) is 36.3 Å². The van der Waals surface area contributed by atoms with Gasteiger partial charge in [-0.25, -0.2) is 9.59 Å². The van der Waals surface area contributed by atoms with Gasteiger partial charge in [-0.05, 0) is 47.4 Å². The van der Waals surface area contributed by atoms with Crippen LogP contribution in [0.3, 0.4) is 0 Å². The minimum Gasteiger partial charge on any atom is -0.480 e. The van der Waals surface area contributed by atoms with Gasteiger partial charge in [-0.1, -0.05) is 68.8 Å². The predicted molar refractivity (Wildman–Crippen MR) is 128 cm³/mol. The summed E-state index contributed by atoms with van der Waals surface area (Å²) in [5.41, 5.74) is 4.66. The topological polar surface area (TPSA) is 105 Å². The monoisotopic (exact) mass is 464 g/mol. The summed E-state index contributed by atoms with van der Waals surface area (Å²) in [4.78, 5) is 36.7. The number of carboxylic acids is 1. The minimum absolute atomic E-state index is 0.00578. The maximum absolute atomic E-state index is 12.6. The first-order valence-electron chi connectivity index (χ1n) is 12.0. The Morgan fingerprint density at radius 2 is 1.65 bits per heavy atom. The van der Waals surface area contributed by atoms with Crippen LogP contribution in [0.2, 0.25) is 0 Å². The van der Waals surface area contributed by atoms with Gasteiger partial charge in [-0.15, -0.1) is 0 Å². The van der Waals surface area contributed by atoms with E-state index in [0.29, 0.717) is 25.7 Å². The number of nitrogens with one attached hydrogen (secondary N) is 2. The summed E-state index contributed by atoms with van der Waals surface area (Å²) in [5.74, 6) is -1.75. The molecule has 0 aromatic heterocycles. The third-order valence-electron chi connectivity index (χ3n) is 7.25. The van der Waals surface area contributed by atoms with Crippen LogP contribution in [0.25, 0.3) is 11.1 Å². The molecule has 2 aromatic carbocycles. The van der Waals surface area contributed by atoms with E-state index in [1.165, 1.54) is 11.1 Å². The SMILES string of the molecule is CCC(C)[C@H](NC(=O)C1CCC(NC(=O)OCC2c3ccccc3-c3ccccc32)C1)C(=O)O. The highest BCUT2D eigenvalue weighted by Gasteiger charge is 2.35. The van der Waals surface area contributed by atoms with Gasteiger partial charge in [0.15, 0.2) is 0 Å². The molecule has 2 aromatic rings. The molecule has 0 saturated heterocycles. The lowest BCUT2D eigenvalue weighted by molar-refractivity contribution is -0.144. The number of rotatable bonds is 8. The molecule has 1 fully saturated rings. The highest BCUT2D eigenvalue weighted by atomic mass is 16.5. The molecular weight excluding hydrogens is 432 g/mol. The summed E-state index contributed by atoms with van der Waals surface area (Å²) in [7, 11) is 0. The van der Waals surface area contributed by atoms with E-state index in [0.717, 1.165) is 11.1 Å². The fourth-order valence-corrected chi connectivity index (χ4v) is 5.11. The van der Waals surface area contributed by atoms with Crippen LogP contribution in [-0.4, -0.2) is 41.8 Å². The van der Waals surface area contributed by atoms with E-state index in [1.54, 1.807) is 0 Å². The molecule has 7 heteroatoms. The van der Waals surface area contributed by atoms with Gasteiger partial charge >= 0.3 is 12.1 Å². The van der Waals surface area contributed by atoms with Crippen molar-refractivity contribution in [2.45, 2.75) is 57.5 Å². The molecule has 180 valence electrons. The Labute approximate surface area is 199 Å². The molecule has 0 spiro atoms. The maximum Gasteiger partial charge on any atom is 0.407 e. The van der Waals surface area contributed by atoms with Crippen LogP contribution in [-0.2, 0) is 14.3 Å². The number of hydrogen-bond acceptors (Lipinski definition) is 4. The fraction of sp³-hybridized carbons (Fsp3) is 0.444. The molecule has 2 amide bonds. The Bertz CT molecular complexity index is 1020. The first-order chi connectivity index (χ1) is 16.4. The summed E-state index contributed by atoms with van der Waals surface area (Å²) >= 11 is 0. The minimum atomic E-state index is -1.02. The Morgan fingerprint density at radius 3 is 2.24 bits per heavy atom. The van der Waals surface area contributed by atoms with E-state index < -0.39 is 18.1 Å². The van der Waals surface area contributed by atoms with Crippen molar-refractivity contribution in [1.82, 2.24) is 10.6 Å². The summed E-state index contributed by atoms with van der Waals surface area (Å²) in [6.45, 7) is 3.96. The molecule has 0 bridgehead atoms. The number of carbonyl (C=O) groups excluding carboxylic acids is 2. The summed E-state index contributed by atoms with van der Waals surface area (Å²) in [5, 5.41) is 15.0. The van der Waals surface area contributed by atoms with Crippen molar-refractivity contribution in [3.05, 3.63) is 59.7 Å². The van der Waals surface area contributed by atoms with E-state index in [1.807, 2.05) is 38.1 Å². The van der Waals surface area contributed by atoms with Crippen molar-refractivity contribution >= 4 is 18.0 Å². The molecule has 3 unspecified atom stereocenters. The van der Waals surface area contributed by atoms with Crippen LogP contribution >= 0.6 is 0 Å². The second-order valence-electron chi connectivity index (χ2n) is 9.39. The third kappa shape index (κ3) is 4.93. The van der Waals surface area contributed by atoms with Gasteiger partial charge in [-0.2, -0.15) is 0 Å². The molecule has 4 rings (SSSR count). The molecule has 7 nitrogen and oxygen atoms in total. The van der Waals surface area contributed by atoms with Crippen molar-refractivity contribution in [2.24, 2.45) is 11.8 Å². The molecule has 34 heavy (non-hydrogen) atoms. The normalized spacial score (nSPS) is 20.6. The second kappa shape index (κ2) is 10.3. The van der Waals surface area contributed by atoms with Gasteiger partial charge in [0.1, 0.15) is 12.6 Å². The van der Waals surface area contributed by atoms with Crippen molar-refractivity contribution in [3.8, 4) is 11.1 Å². The number of hydrogen-bond donors (Lipinski definition) is 3. The molecule has 0 aliphatic heterocycles. The highest BCUT2D eigenvalue weighted by Crippen LogP contribution is 2.44. The molecule has 1 saturated carbocycles. The van der Waals surface area contributed by atoms with E-state index >= 15 is 0 Å². The average Bonchev–Trinajstić information content (AvgIpc) is 3.43. The quantitative estimate of drug-likeness (QED) is 0.540. The van der Waals surface area contributed by atoms with Crippen LogP contribution in [0.15, 0.2) is 48.5 Å². The van der Waals surface area contributed by atoms with Gasteiger partial charge < -0.3 is 20.5 Å². The Morgan fingerprint density at radius 1 is 1.03 bits per heavy atom. The Hall–Kier alpha value is -3.35. The van der Waals surface area contributed by atoms with Crippen molar-refractivity contribution in [1.29, 1.82) is 0 Å². The highest BCUT2D eigenvalue weighted by molar-refractivity contribution is 5.85. The van der Waals surface area contributed by atoms with Crippen LogP contribution in [0.4, 0.5) is 4.79 Å². The molecule has 0 heterocycles. The predicted octanol–water partition coefficient (Wildman–Crippen LogP) is 4.31. The van der Waals surface area contributed by atoms with Gasteiger partial charge in [0.2, 0.25) is 5.91 Å². The van der Waals surface area contributed by atoms with Crippen LogP contribution in [0.1, 0.15) is 56.6 Å². The first kappa shape index (κ1) is 23.8. The summed E-state index contributed by atoms with van der Waals surface area (Å²) in [6.07, 6.45) is 1.91. The summed E-state index contributed by atoms with van der Waals surface area (Å²) in [6, 6.07) is 15.3. The zero-order valence-electron chi connectivity index (χ0n) is 19.6. The number of carboxylic acid groups (broad SMARTS) is 1.